The highest BCUT2D eigenvalue weighted by atomic mass is 16.4. The Bertz CT molecular complexity index is 201. The van der Waals surface area contributed by atoms with Crippen LogP contribution in [0.25, 0.3) is 0 Å². The van der Waals surface area contributed by atoms with Crippen molar-refractivity contribution in [3.63, 3.8) is 0 Å². The van der Waals surface area contributed by atoms with Crippen molar-refractivity contribution >= 4 is 5.97 Å². The maximum absolute atomic E-state index is 10.8. The zero-order valence-electron chi connectivity index (χ0n) is 7.91. The zero-order chi connectivity index (χ0) is 9.26. The second-order valence-electron chi connectivity index (χ2n) is 4.38. The van der Waals surface area contributed by atoms with Crippen LogP contribution in [0.5, 0.6) is 0 Å². The number of hydrogen-bond acceptors (Lipinski definition) is 2. The van der Waals surface area contributed by atoms with Gasteiger partial charge in [-0.2, -0.15) is 0 Å². The molecular formula is C10H17NO2. The van der Waals surface area contributed by atoms with Crippen LogP contribution in [0.2, 0.25) is 0 Å². The molecule has 0 radical (unpaired) electrons. The van der Waals surface area contributed by atoms with Crippen LogP contribution in [-0.2, 0) is 4.79 Å². The molecule has 3 nitrogen and oxygen atoms in total. The summed E-state index contributed by atoms with van der Waals surface area (Å²) in [6.45, 7) is 3.04. The van der Waals surface area contributed by atoms with E-state index in [1.165, 1.54) is 12.8 Å². The van der Waals surface area contributed by atoms with Crippen LogP contribution in [-0.4, -0.2) is 35.6 Å². The van der Waals surface area contributed by atoms with Gasteiger partial charge in [0.15, 0.2) is 0 Å². The van der Waals surface area contributed by atoms with E-state index in [-0.39, 0.29) is 5.92 Å². The number of hydrogen-bond donors (Lipinski definition) is 1. The number of piperidine rings is 1. The summed E-state index contributed by atoms with van der Waals surface area (Å²) in [5.41, 5.74) is 0. The molecule has 2 fully saturated rings. The van der Waals surface area contributed by atoms with Crippen molar-refractivity contribution in [2.45, 2.75) is 25.7 Å². The van der Waals surface area contributed by atoms with Crippen LogP contribution >= 0.6 is 0 Å². The van der Waals surface area contributed by atoms with Crippen LogP contribution in [0, 0.1) is 11.8 Å². The molecule has 74 valence electrons. The number of nitrogens with zero attached hydrogens (tertiary/aromatic N) is 1. The molecule has 3 heteroatoms. The summed E-state index contributed by atoms with van der Waals surface area (Å²) in [4.78, 5) is 13.1. The van der Waals surface area contributed by atoms with Crippen LogP contribution in [0.1, 0.15) is 25.7 Å². The largest absolute Gasteiger partial charge is 0.481 e. The Morgan fingerprint density at radius 1 is 1.38 bits per heavy atom. The number of aliphatic carboxylic acids is 1. The van der Waals surface area contributed by atoms with Crippen molar-refractivity contribution in [2.24, 2.45) is 11.8 Å². The minimum atomic E-state index is -0.611. The Hall–Kier alpha value is -0.570. The zero-order valence-corrected chi connectivity index (χ0v) is 7.91. The SMILES string of the molecule is O=C(O)C1CCCN(CC2CC2)C1. The third-order valence-electron chi connectivity index (χ3n) is 3.07. The van der Waals surface area contributed by atoms with Gasteiger partial charge in [0, 0.05) is 13.1 Å². The van der Waals surface area contributed by atoms with Gasteiger partial charge in [-0.05, 0) is 38.1 Å². The van der Waals surface area contributed by atoms with Crippen molar-refractivity contribution in [1.82, 2.24) is 4.90 Å². The quantitative estimate of drug-likeness (QED) is 0.714. The first-order valence-corrected chi connectivity index (χ1v) is 5.21. The first kappa shape index (κ1) is 9.00. The predicted molar refractivity (Wildman–Crippen MR) is 49.5 cm³/mol. The Morgan fingerprint density at radius 2 is 2.15 bits per heavy atom. The normalized spacial score (nSPS) is 30.3. The van der Waals surface area contributed by atoms with Crippen LogP contribution in [0.3, 0.4) is 0 Å². The van der Waals surface area contributed by atoms with Gasteiger partial charge in [0.25, 0.3) is 0 Å². The molecule has 1 aliphatic heterocycles. The second-order valence-corrected chi connectivity index (χ2v) is 4.38. The molecule has 2 rings (SSSR count). The molecule has 1 saturated heterocycles. The molecule has 0 amide bonds. The van der Waals surface area contributed by atoms with Crippen molar-refractivity contribution in [1.29, 1.82) is 0 Å². The molecule has 2 aliphatic rings. The summed E-state index contributed by atoms with van der Waals surface area (Å²) in [6.07, 6.45) is 4.64. The topological polar surface area (TPSA) is 40.5 Å². The molecule has 0 aromatic carbocycles. The summed E-state index contributed by atoms with van der Waals surface area (Å²) in [5.74, 6) is 0.167. The Labute approximate surface area is 78.7 Å². The highest BCUT2D eigenvalue weighted by Gasteiger charge is 2.29. The molecular weight excluding hydrogens is 166 g/mol. The molecule has 1 unspecified atom stereocenters. The molecule has 1 aliphatic carbocycles. The minimum Gasteiger partial charge on any atom is -0.481 e. The van der Waals surface area contributed by atoms with Gasteiger partial charge in [-0.1, -0.05) is 0 Å². The van der Waals surface area contributed by atoms with E-state index in [1.54, 1.807) is 0 Å². The Kier molecular flexibility index (Phi) is 2.54. The monoisotopic (exact) mass is 183 g/mol. The number of carbonyl (C=O) groups is 1. The fourth-order valence-corrected chi connectivity index (χ4v) is 2.09. The smallest absolute Gasteiger partial charge is 0.307 e. The van der Waals surface area contributed by atoms with Crippen LogP contribution in [0.15, 0.2) is 0 Å². The molecule has 0 aromatic heterocycles. The van der Waals surface area contributed by atoms with E-state index in [9.17, 15) is 4.79 Å². The number of likely N-dealkylation sites (tertiary alicyclic amines) is 1. The van der Waals surface area contributed by atoms with Gasteiger partial charge in [-0.15, -0.1) is 0 Å². The van der Waals surface area contributed by atoms with Gasteiger partial charge < -0.3 is 10.0 Å². The Balaban J connectivity index is 1.80. The van der Waals surface area contributed by atoms with Gasteiger partial charge in [-0.3, -0.25) is 4.79 Å². The van der Waals surface area contributed by atoms with Gasteiger partial charge in [0.05, 0.1) is 5.92 Å². The molecule has 1 saturated carbocycles. The fourth-order valence-electron chi connectivity index (χ4n) is 2.09. The summed E-state index contributed by atoms with van der Waals surface area (Å²) < 4.78 is 0. The molecule has 0 bridgehead atoms. The third kappa shape index (κ3) is 2.44. The maximum atomic E-state index is 10.8. The van der Waals surface area contributed by atoms with E-state index in [0.29, 0.717) is 0 Å². The lowest BCUT2D eigenvalue weighted by atomic mass is 9.98. The maximum Gasteiger partial charge on any atom is 0.307 e. The second kappa shape index (κ2) is 3.66. The molecule has 1 atom stereocenters. The summed E-state index contributed by atoms with van der Waals surface area (Å²) >= 11 is 0. The molecule has 1 heterocycles. The number of carboxylic acid groups (broad SMARTS) is 1. The minimum absolute atomic E-state index is 0.104. The van der Waals surface area contributed by atoms with E-state index in [4.69, 9.17) is 5.11 Å². The number of rotatable bonds is 3. The van der Waals surface area contributed by atoms with E-state index in [2.05, 4.69) is 4.90 Å². The summed E-state index contributed by atoms with van der Waals surface area (Å²) in [7, 11) is 0. The van der Waals surface area contributed by atoms with E-state index in [1.807, 2.05) is 0 Å². The lowest BCUT2D eigenvalue weighted by molar-refractivity contribution is -0.143. The van der Waals surface area contributed by atoms with Gasteiger partial charge in [-0.25, -0.2) is 0 Å². The van der Waals surface area contributed by atoms with Gasteiger partial charge in [0.1, 0.15) is 0 Å². The van der Waals surface area contributed by atoms with E-state index < -0.39 is 5.97 Å². The van der Waals surface area contributed by atoms with Crippen molar-refractivity contribution in [3.05, 3.63) is 0 Å². The van der Waals surface area contributed by atoms with Gasteiger partial charge in [0.2, 0.25) is 0 Å². The lowest BCUT2D eigenvalue weighted by Crippen LogP contribution is -2.39. The first-order valence-electron chi connectivity index (χ1n) is 5.21. The lowest BCUT2D eigenvalue weighted by Gasteiger charge is -2.30. The third-order valence-corrected chi connectivity index (χ3v) is 3.07. The average molecular weight is 183 g/mol. The molecule has 1 N–H and O–H groups in total. The average Bonchev–Trinajstić information content (AvgIpc) is 2.89. The predicted octanol–water partition coefficient (Wildman–Crippen LogP) is 1.19. The number of carboxylic acids is 1. The first-order chi connectivity index (χ1) is 6.25. The van der Waals surface area contributed by atoms with Crippen molar-refractivity contribution < 1.29 is 9.90 Å². The highest BCUT2D eigenvalue weighted by molar-refractivity contribution is 5.70. The summed E-state index contributed by atoms with van der Waals surface area (Å²) in [5, 5.41) is 8.88. The van der Waals surface area contributed by atoms with E-state index >= 15 is 0 Å². The summed E-state index contributed by atoms with van der Waals surface area (Å²) in [6, 6.07) is 0. The standard InChI is InChI=1S/C10H17NO2/c12-10(13)9-2-1-5-11(7-9)6-8-3-4-8/h8-9H,1-7H2,(H,12,13). The van der Waals surface area contributed by atoms with Crippen molar-refractivity contribution in [2.75, 3.05) is 19.6 Å². The van der Waals surface area contributed by atoms with E-state index in [0.717, 1.165) is 38.4 Å². The van der Waals surface area contributed by atoms with Crippen molar-refractivity contribution in [3.8, 4) is 0 Å². The highest BCUT2D eigenvalue weighted by Crippen LogP contribution is 2.31. The van der Waals surface area contributed by atoms with Crippen LogP contribution in [0.4, 0.5) is 0 Å². The fraction of sp³-hybridized carbons (Fsp3) is 0.900. The molecule has 0 aromatic rings. The molecule has 13 heavy (non-hydrogen) atoms. The Morgan fingerprint density at radius 3 is 2.77 bits per heavy atom. The van der Waals surface area contributed by atoms with Gasteiger partial charge >= 0.3 is 5.97 Å². The molecule has 0 spiro atoms. The van der Waals surface area contributed by atoms with Crippen LogP contribution < -0.4 is 0 Å².